The third kappa shape index (κ3) is 2.12. The molecule has 2 unspecified atom stereocenters. The van der Waals surface area contributed by atoms with Gasteiger partial charge in [0.1, 0.15) is 5.82 Å². The minimum Gasteiger partial charge on any atom is -0.350 e. The number of rotatable bonds is 2. The van der Waals surface area contributed by atoms with Crippen molar-refractivity contribution in [3.8, 4) is 0 Å². The average Bonchev–Trinajstić information content (AvgIpc) is 2.29. The molecule has 15 heavy (non-hydrogen) atoms. The molecule has 0 radical (unpaired) electrons. The number of nitrogens with two attached hydrogens (primary N) is 1. The van der Waals surface area contributed by atoms with Crippen LogP contribution in [0.4, 0.5) is 5.82 Å². The third-order valence-electron chi connectivity index (χ3n) is 3.21. The molecule has 3 heteroatoms. The molecule has 1 aromatic rings. The summed E-state index contributed by atoms with van der Waals surface area (Å²) in [5, 5.41) is 0. The van der Waals surface area contributed by atoms with Gasteiger partial charge in [-0.25, -0.2) is 4.98 Å². The van der Waals surface area contributed by atoms with E-state index in [1.807, 2.05) is 18.3 Å². The normalized spacial score (nSPS) is 26.7. The van der Waals surface area contributed by atoms with E-state index in [1.54, 1.807) is 0 Å². The van der Waals surface area contributed by atoms with E-state index in [2.05, 4.69) is 22.9 Å². The van der Waals surface area contributed by atoms with Crippen LogP contribution in [0.5, 0.6) is 0 Å². The highest BCUT2D eigenvalue weighted by Gasteiger charge is 2.27. The van der Waals surface area contributed by atoms with Crippen molar-refractivity contribution in [3.63, 3.8) is 0 Å². The maximum Gasteiger partial charge on any atom is 0.128 e. The number of pyridine rings is 1. The number of hydrogen-bond acceptors (Lipinski definition) is 3. The van der Waals surface area contributed by atoms with E-state index in [0.29, 0.717) is 12.1 Å². The topological polar surface area (TPSA) is 42.1 Å². The van der Waals surface area contributed by atoms with Gasteiger partial charge in [-0.15, -0.1) is 0 Å². The number of hydrogen-bond donors (Lipinski definition) is 1. The fourth-order valence-electron chi connectivity index (χ4n) is 2.44. The molecule has 82 valence electrons. The van der Waals surface area contributed by atoms with Crippen LogP contribution in [-0.4, -0.2) is 23.6 Å². The molecule has 1 saturated heterocycles. The van der Waals surface area contributed by atoms with Gasteiger partial charge in [-0.1, -0.05) is 6.07 Å². The lowest BCUT2D eigenvalue weighted by Crippen LogP contribution is -2.49. The van der Waals surface area contributed by atoms with Gasteiger partial charge in [0.05, 0.1) is 0 Å². The second-order valence-corrected chi connectivity index (χ2v) is 4.26. The van der Waals surface area contributed by atoms with Crippen LogP contribution in [-0.2, 0) is 0 Å². The Hall–Kier alpha value is -1.09. The number of nitrogens with zero attached hydrogens (tertiary/aromatic N) is 2. The van der Waals surface area contributed by atoms with Crippen molar-refractivity contribution in [1.82, 2.24) is 4.98 Å². The molecule has 0 saturated carbocycles. The summed E-state index contributed by atoms with van der Waals surface area (Å²) < 4.78 is 0. The van der Waals surface area contributed by atoms with Gasteiger partial charge in [0, 0.05) is 24.8 Å². The Kier molecular flexibility index (Phi) is 3.21. The molecule has 2 heterocycles. The summed E-state index contributed by atoms with van der Waals surface area (Å²) in [5.74, 6) is 1.07. The molecular weight excluding hydrogens is 186 g/mol. The molecule has 2 rings (SSSR count). The van der Waals surface area contributed by atoms with Crippen LogP contribution in [0.2, 0.25) is 0 Å². The fourth-order valence-corrected chi connectivity index (χ4v) is 2.44. The number of anilines is 1. The number of aromatic nitrogens is 1. The van der Waals surface area contributed by atoms with Gasteiger partial charge in [0.2, 0.25) is 0 Å². The molecule has 0 amide bonds. The van der Waals surface area contributed by atoms with Crippen LogP contribution < -0.4 is 10.6 Å². The Balaban J connectivity index is 2.23. The smallest absolute Gasteiger partial charge is 0.128 e. The second kappa shape index (κ2) is 4.62. The SMILES string of the molecule is CC1CCCC(CN)N1c1ccccn1. The molecular formula is C12H19N3. The van der Waals surface area contributed by atoms with Gasteiger partial charge in [0.25, 0.3) is 0 Å². The predicted octanol–water partition coefficient (Wildman–Crippen LogP) is 1.79. The highest BCUT2D eigenvalue weighted by molar-refractivity contribution is 5.41. The predicted molar refractivity (Wildman–Crippen MR) is 62.9 cm³/mol. The first kappa shape index (κ1) is 10.4. The van der Waals surface area contributed by atoms with E-state index in [0.717, 1.165) is 12.4 Å². The number of piperidine rings is 1. The highest BCUT2D eigenvalue weighted by Crippen LogP contribution is 2.26. The molecule has 0 aliphatic carbocycles. The van der Waals surface area contributed by atoms with E-state index in [9.17, 15) is 0 Å². The fraction of sp³-hybridized carbons (Fsp3) is 0.583. The quantitative estimate of drug-likeness (QED) is 0.800. The first-order valence-electron chi connectivity index (χ1n) is 5.72. The molecule has 1 fully saturated rings. The summed E-state index contributed by atoms with van der Waals surface area (Å²) in [6.07, 6.45) is 5.57. The van der Waals surface area contributed by atoms with Gasteiger partial charge < -0.3 is 10.6 Å². The molecule has 0 aromatic carbocycles. The van der Waals surface area contributed by atoms with Crippen LogP contribution >= 0.6 is 0 Å². The zero-order valence-electron chi connectivity index (χ0n) is 9.26. The molecule has 2 N–H and O–H groups in total. The van der Waals surface area contributed by atoms with E-state index < -0.39 is 0 Å². The average molecular weight is 205 g/mol. The highest BCUT2D eigenvalue weighted by atomic mass is 15.2. The Morgan fingerprint density at radius 1 is 1.47 bits per heavy atom. The van der Waals surface area contributed by atoms with Crippen LogP contribution in [0.1, 0.15) is 26.2 Å². The maximum absolute atomic E-state index is 5.82. The Bertz CT molecular complexity index is 299. The Labute approximate surface area is 91.3 Å². The molecule has 1 aliphatic rings. The van der Waals surface area contributed by atoms with Gasteiger partial charge in [-0.05, 0) is 38.3 Å². The minimum absolute atomic E-state index is 0.462. The van der Waals surface area contributed by atoms with E-state index in [-0.39, 0.29) is 0 Å². The van der Waals surface area contributed by atoms with Crippen molar-refractivity contribution >= 4 is 5.82 Å². The van der Waals surface area contributed by atoms with E-state index in [1.165, 1.54) is 19.3 Å². The third-order valence-corrected chi connectivity index (χ3v) is 3.21. The van der Waals surface area contributed by atoms with Crippen molar-refractivity contribution in [2.24, 2.45) is 5.73 Å². The van der Waals surface area contributed by atoms with Crippen molar-refractivity contribution in [1.29, 1.82) is 0 Å². The summed E-state index contributed by atoms with van der Waals surface area (Å²) in [7, 11) is 0. The van der Waals surface area contributed by atoms with Crippen molar-refractivity contribution < 1.29 is 0 Å². The van der Waals surface area contributed by atoms with Gasteiger partial charge in [0.15, 0.2) is 0 Å². The summed E-state index contributed by atoms with van der Waals surface area (Å²) in [5.41, 5.74) is 5.82. The zero-order chi connectivity index (χ0) is 10.7. The molecule has 1 aromatic heterocycles. The standard InChI is InChI=1S/C12H19N3/c1-10-5-4-6-11(9-13)15(10)12-7-2-3-8-14-12/h2-3,7-8,10-11H,4-6,9,13H2,1H3. The summed E-state index contributed by atoms with van der Waals surface area (Å²) in [6.45, 7) is 2.98. The molecule has 1 aliphatic heterocycles. The minimum atomic E-state index is 0.462. The van der Waals surface area contributed by atoms with Crippen LogP contribution in [0.15, 0.2) is 24.4 Å². The van der Waals surface area contributed by atoms with Crippen molar-refractivity contribution in [2.45, 2.75) is 38.3 Å². The van der Waals surface area contributed by atoms with E-state index in [4.69, 9.17) is 5.73 Å². The summed E-state index contributed by atoms with van der Waals surface area (Å²) >= 11 is 0. The van der Waals surface area contributed by atoms with Crippen LogP contribution in [0, 0.1) is 0 Å². The van der Waals surface area contributed by atoms with Gasteiger partial charge in [-0.2, -0.15) is 0 Å². The Morgan fingerprint density at radius 2 is 2.33 bits per heavy atom. The molecule has 2 atom stereocenters. The lowest BCUT2D eigenvalue weighted by Gasteiger charge is -2.41. The van der Waals surface area contributed by atoms with E-state index >= 15 is 0 Å². The van der Waals surface area contributed by atoms with Gasteiger partial charge >= 0.3 is 0 Å². The Morgan fingerprint density at radius 3 is 3.00 bits per heavy atom. The molecule has 0 bridgehead atoms. The maximum atomic E-state index is 5.82. The van der Waals surface area contributed by atoms with Crippen molar-refractivity contribution in [2.75, 3.05) is 11.4 Å². The first-order chi connectivity index (χ1) is 7.33. The monoisotopic (exact) mass is 205 g/mol. The molecule has 0 spiro atoms. The summed E-state index contributed by atoms with van der Waals surface area (Å²) in [6, 6.07) is 7.09. The van der Waals surface area contributed by atoms with Crippen LogP contribution in [0.3, 0.4) is 0 Å². The van der Waals surface area contributed by atoms with Gasteiger partial charge in [-0.3, -0.25) is 0 Å². The zero-order valence-corrected chi connectivity index (χ0v) is 9.26. The lowest BCUT2D eigenvalue weighted by molar-refractivity contribution is 0.398. The lowest BCUT2D eigenvalue weighted by atomic mass is 9.96. The van der Waals surface area contributed by atoms with Crippen LogP contribution in [0.25, 0.3) is 0 Å². The molecule has 3 nitrogen and oxygen atoms in total. The summed E-state index contributed by atoms with van der Waals surface area (Å²) in [4.78, 5) is 6.80. The second-order valence-electron chi connectivity index (χ2n) is 4.26. The first-order valence-corrected chi connectivity index (χ1v) is 5.72. The van der Waals surface area contributed by atoms with Crippen molar-refractivity contribution in [3.05, 3.63) is 24.4 Å². The largest absolute Gasteiger partial charge is 0.350 e.